The molecule has 0 spiro atoms. The highest BCUT2D eigenvalue weighted by atomic mass is 16.2. The van der Waals surface area contributed by atoms with Gasteiger partial charge in [-0.15, -0.1) is 0 Å². The van der Waals surface area contributed by atoms with Gasteiger partial charge in [0, 0.05) is 38.4 Å². The molecule has 0 aromatic carbocycles. The Morgan fingerprint density at radius 1 is 1.36 bits per heavy atom. The average molecular weight is 301 g/mol. The van der Waals surface area contributed by atoms with Crippen LogP contribution < -0.4 is 5.32 Å². The second-order valence-corrected chi connectivity index (χ2v) is 6.61. The van der Waals surface area contributed by atoms with Gasteiger partial charge in [0.15, 0.2) is 0 Å². The van der Waals surface area contributed by atoms with Crippen LogP contribution in [0.1, 0.15) is 38.6 Å². The minimum absolute atomic E-state index is 0.0623. The van der Waals surface area contributed by atoms with Crippen molar-refractivity contribution in [2.75, 3.05) is 0 Å². The summed E-state index contributed by atoms with van der Waals surface area (Å²) in [5, 5.41) is 3.22. The highest BCUT2D eigenvalue weighted by Gasteiger charge is 2.50. The zero-order valence-electron chi connectivity index (χ0n) is 13.4. The average Bonchev–Trinajstić information content (AvgIpc) is 2.87. The lowest BCUT2D eigenvalue weighted by Crippen LogP contribution is -2.39. The lowest BCUT2D eigenvalue weighted by molar-refractivity contribution is -0.128. The van der Waals surface area contributed by atoms with E-state index in [0.29, 0.717) is 6.54 Å². The van der Waals surface area contributed by atoms with E-state index >= 15 is 0 Å². The minimum atomic E-state index is -0.279. The van der Waals surface area contributed by atoms with E-state index in [2.05, 4.69) is 29.1 Å². The first-order valence-electron chi connectivity index (χ1n) is 7.76. The molecule has 1 aliphatic carbocycles. The summed E-state index contributed by atoms with van der Waals surface area (Å²) in [6.07, 6.45) is 11.0. The van der Waals surface area contributed by atoms with E-state index in [4.69, 9.17) is 0 Å². The molecular weight excluding hydrogens is 278 g/mol. The predicted octanol–water partition coefficient (Wildman–Crippen LogP) is 1.91. The number of nitrogens with zero attached hydrogens (tertiary/aromatic N) is 4. The molecule has 22 heavy (non-hydrogen) atoms. The third kappa shape index (κ3) is 2.77. The predicted molar refractivity (Wildman–Crippen MR) is 82.8 cm³/mol. The van der Waals surface area contributed by atoms with Crippen molar-refractivity contribution in [1.29, 1.82) is 0 Å². The Kier molecular flexibility index (Phi) is 3.76. The van der Waals surface area contributed by atoms with Gasteiger partial charge in [0.05, 0.1) is 17.8 Å². The summed E-state index contributed by atoms with van der Waals surface area (Å²) >= 11 is 0. The summed E-state index contributed by atoms with van der Waals surface area (Å²) in [7, 11) is 1.96. The zero-order chi connectivity index (χ0) is 15.7. The molecule has 2 aromatic heterocycles. The molecule has 3 rings (SSSR count). The largest absolute Gasteiger partial charge is 0.345 e. The van der Waals surface area contributed by atoms with Gasteiger partial charge in [-0.25, -0.2) is 9.97 Å². The van der Waals surface area contributed by atoms with Gasteiger partial charge in [-0.3, -0.25) is 4.79 Å². The highest BCUT2D eigenvalue weighted by Crippen LogP contribution is 2.47. The summed E-state index contributed by atoms with van der Waals surface area (Å²) in [4.78, 5) is 21.2. The molecule has 118 valence electrons. The van der Waals surface area contributed by atoms with Gasteiger partial charge in [-0.1, -0.05) is 13.8 Å². The van der Waals surface area contributed by atoms with Gasteiger partial charge >= 0.3 is 0 Å². The van der Waals surface area contributed by atoms with E-state index in [9.17, 15) is 4.79 Å². The SMILES string of the molecule is CC(C)C(NC(=O)C1(Cn2ccnc2)CC1)c1nccn1C. The van der Waals surface area contributed by atoms with Crippen molar-refractivity contribution < 1.29 is 4.79 Å². The molecule has 0 saturated heterocycles. The minimum Gasteiger partial charge on any atom is -0.345 e. The van der Waals surface area contributed by atoms with E-state index in [1.54, 1.807) is 18.7 Å². The second-order valence-electron chi connectivity index (χ2n) is 6.61. The Balaban J connectivity index is 1.73. The Morgan fingerprint density at radius 2 is 2.14 bits per heavy atom. The monoisotopic (exact) mass is 301 g/mol. The molecular formula is C16H23N5O. The zero-order valence-corrected chi connectivity index (χ0v) is 13.4. The maximum absolute atomic E-state index is 12.8. The summed E-state index contributed by atoms with van der Waals surface area (Å²) in [5.41, 5.74) is -0.279. The van der Waals surface area contributed by atoms with E-state index in [0.717, 1.165) is 18.7 Å². The smallest absolute Gasteiger partial charge is 0.228 e. The molecule has 6 nitrogen and oxygen atoms in total. The molecule has 1 atom stereocenters. The fourth-order valence-electron chi connectivity index (χ4n) is 2.84. The molecule has 1 unspecified atom stereocenters. The van der Waals surface area contributed by atoms with Crippen molar-refractivity contribution in [3.63, 3.8) is 0 Å². The van der Waals surface area contributed by atoms with E-state index in [1.165, 1.54) is 0 Å². The molecule has 1 N–H and O–H groups in total. The number of hydrogen-bond acceptors (Lipinski definition) is 3. The molecule has 0 aliphatic heterocycles. The van der Waals surface area contributed by atoms with Crippen LogP contribution in [0, 0.1) is 11.3 Å². The summed E-state index contributed by atoms with van der Waals surface area (Å²) < 4.78 is 3.96. The Morgan fingerprint density at radius 3 is 2.64 bits per heavy atom. The van der Waals surface area contributed by atoms with Crippen molar-refractivity contribution in [3.05, 3.63) is 36.9 Å². The van der Waals surface area contributed by atoms with Crippen molar-refractivity contribution in [2.45, 2.75) is 39.3 Å². The third-order valence-corrected chi connectivity index (χ3v) is 4.47. The highest BCUT2D eigenvalue weighted by molar-refractivity contribution is 5.85. The Bertz CT molecular complexity index is 639. The number of nitrogens with one attached hydrogen (secondary N) is 1. The summed E-state index contributed by atoms with van der Waals surface area (Å²) in [5.74, 6) is 1.32. The van der Waals surface area contributed by atoms with Crippen molar-refractivity contribution in [2.24, 2.45) is 18.4 Å². The second kappa shape index (κ2) is 5.59. The van der Waals surface area contributed by atoms with Crippen LogP contribution >= 0.6 is 0 Å². The fourth-order valence-corrected chi connectivity index (χ4v) is 2.84. The lowest BCUT2D eigenvalue weighted by Gasteiger charge is -2.25. The Labute approximate surface area is 130 Å². The molecule has 2 heterocycles. The van der Waals surface area contributed by atoms with E-state index in [-0.39, 0.29) is 23.3 Å². The van der Waals surface area contributed by atoms with Gasteiger partial charge in [-0.2, -0.15) is 0 Å². The number of carbonyl (C=O) groups is 1. The molecule has 0 bridgehead atoms. The van der Waals surface area contributed by atoms with Crippen LogP contribution in [0.3, 0.4) is 0 Å². The maximum Gasteiger partial charge on any atom is 0.228 e. The topological polar surface area (TPSA) is 64.7 Å². The number of aromatic nitrogens is 4. The number of hydrogen-bond donors (Lipinski definition) is 1. The first-order valence-corrected chi connectivity index (χ1v) is 7.76. The molecule has 1 amide bonds. The van der Waals surface area contributed by atoms with Crippen LogP contribution in [0.5, 0.6) is 0 Å². The van der Waals surface area contributed by atoms with Gasteiger partial charge in [0.2, 0.25) is 5.91 Å². The van der Waals surface area contributed by atoms with Crippen LogP contribution in [0.4, 0.5) is 0 Å². The maximum atomic E-state index is 12.8. The molecule has 0 radical (unpaired) electrons. The Hall–Kier alpha value is -2.11. The van der Waals surface area contributed by atoms with Crippen LogP contribution in [-0.4, -0.2) is 25.0 Å². The fraction of sp³-hybridized carbons (Fsp3) is 0.562. The lowest BCUT2D eigenvalue weighted by atomic mass is 10.00. The molecule has 1 aliphatic rings. The van der Waals surface area contributed by atoms with Crippen LogP contribution in [-0.2, 0) is 18.4 Å². The number of carbonyl (C=O) groups excluding carboxylic acids is 1. The van der Waals surface area contributed by atoms with Gasteiger partial charge in [-0.05, 0) is 18.8 Å². The quantitative estimate of drug-likeness (QED) is 0.886. The van der Waals surface area contributed by atoms with Crippen LogP contribution in [0.15, 0.2) is 31.1 Å². The number of aryl methyl sites for hydroxylation is 1. The van der Waals surface area contributed by atoms with Crippen molar-refractivity contribution >= 4 is 5.91 Å². The molecule has 1 fully saturated rings. The first-order chi connectivity index (χ1) is 10.5. The van der Waals surface area contributed by atoms with Crippen LogP contribution in [0.25, 0.3) is 0 Å². The number of amides is 1. The van der Waals surface area contributed by atoms with Crippen molar-refractivity contribution in [1.82, 2.24) is 24.4 Å². The summed E-state index contributed by atoms with van der Waals surface area (Å²) in [6.45, 7) is 4.91. The van der Waals surface area contributed by atoms with Gasteiger partial charge in [0.1, 0.15) is 5.82 Å². The van der Waals surface area contributed by atoms with E-state index < -0.39 is 0 Å². The number of imidazole rings is 2. The molecule has 2 aromatic rings. The summed E-state index contributed by atoms with van der Waals surface area (Å²) in [6, 6.07) is -0.0623. The standard InChI is InChI=1S/C16H23N5O/c1-12(2)13(14-18-7-8-20(14)3)19-15(22)16(4-5-16)10-21-9-6-17-11-21/h6-9,11-13H,4-5,10H2,1-3H3,(H,19,22). The number of rotatable bonds is 6. The van der Waals surface area contributed by atoms with E-state index in [1.807, 2.05) is 28.6 Å². The van der Waals surface area contributed by atoms with Gasteiger partial charge in [0.25, 0.3) is 0 Å². The van der Waals surface area contributed by atoms with Crippen molar-refractivity contribution in [3.8, 4) is 0 Å². The van der Waals surface area contributed by atoms with Gasteiger partial charge < -0.3 is 14.5 Å². The normalized spacial score (nSPS) is 17.5. The molecule has 1 saturated carbocycles. The van der Waals surface area contributed by atoms with Crippen LogP contribution in [0.2, 0.25) is 0 Å². The molecule has 6 heteroatoms. The first kappa shape index (κ1) is 14.8. The third-order valence-electron chi connectivity index (χ3n) is 4.47.